The maximum absolute atomic E-state index is 12.8. The van der Waals surface area contributed by atoms with Gasteiger partial charge in [-0.3, -0.25) is 14.4 Å². The topological polar surface area (TPSA) is 78.9 Å². The van der Waals surface area contributed by atoms with E-state index in [0.29, 0.717) is 19.3 Å². The van der Waals surface area contributed by atoms with Crippen molar-refractivity contribution in [2.75, 3.05) is 13.2 Å². The smallest absolute Gasteiger partial charge is 0.306 e. The molecular weight excluding hydrogens is 865 g/mol. The number of unbranched alkanes of at least 4 members (excludes halogenated alkanes) is 19. The Morgan fingerprint density at radius 3 is 0.943 bits per heavy atom. The second-order valence-corrected chi connectivity index (χ2v) is 18.5. The Morgan fingerprint density at radius 1 is 0.300 bits per heavy atom. The predicted molar refractivity (Wildman–Crippen MR) is 302 cm³/mol. The van der Waals surface area contributed by atoms with Gasteiger partial charge in [-0.25, -0.2) is 0 Å². The number of hydrogen-bond acceptors (Lipinski definition) is 6. The first-order chi connectivity index (χ1) is 34.5. The van der Waals surface area contributed by atoms with Crippen molar-refractivity contribution in [1.82, 2.24) is 0 Å². The molecule has 0 spiro atoms. The second kappa shape index (κ2) is 57.4. The summed E-state index contributed by atoms with van der Waals surface area (Å²) < 4.78 is 16.8. The third kappa shape index (κ3) is 54.7. The van der Waals surface area contributed by atoms with E-state index >= 15 is 0 Å². The molecule has 0 aliphatic carbocycles. The van der Waals surface area contributed by atoms with Gasteiger partial charge in [-0.1, -0.05) is 219 Å². The fourth-order valence-corrected chi connectivity index (χ4v) is 7.37. The van der Waals surface area contributed by atoms with Crippen LogP contribution in [0.1, 0.15) is 245 Å². The number of hydrogen-bond donors (Lipinski definition) is 0. The molecular formula is C64H104O6. The molecule has 0 aliphatic rings. The minimum absolute atomic E-state index is 0.102. The molecule has 0 saturated carbocycles. The van der Waals surface area contributed by atoms with Gasteiger partial charge in [0.25, 0.3) is 0 Å². The first kappa shape index (κ1) is 65.8. The number of carbonyl (C=O) groups is 3. The number of esters is 3. The van der Waals surface area contributed by atoms with E-state index in [1.807, 2.05) is 0 Å². The summed E-state index contributed by atoms with van der Waals surface area (Å²) in [6.07, 6.45) is 79.0. The van der Waals surface area contributed by atoms with Crippen LogP contribution in [0.15, 0.2) is 122 Å². The molecule has 6 heteroatoms. The summed E-state index contributed by atoms with van der Waals surface area (Å²) in [7, 11) is 0. The lowest BCUT2D eigenvalue weighted by Gasteiger charge is -2.18. The highest BCUT2D eigenvalue weighted by Gasteiger charge is 2.19. The van der Waals surface area contributed by atoms with Gasteiger partial charge in [-0.15, -0.1) is 0 Å². The maximum atomic E-state index is 12.8. The van der Waals surface area contributed by atoms with Gasteiger partial charge in [0.1, 0.15) is 13.2 Å². The summed E-state index contributed by atoms with van der Waals surface area (Å²) in [6.45, 7) is 6.41. The van der Waals surface area contributed by atoms with Crippen molar-refractivity contribution in [3.05, 3.63) is 122 Å². The van der Waals surface area contributed by atoms with Crippen LogP contribution in [0, 0.1) is 0 Å². The molecule has 0 aromatic carbocycles. The quantitative estimate of drug-likeness (QED) is 0.0262. The van der Waals surface area contributed by atoms with Crippen molar-refractivity contribution in [3.63, 3.8) is 0 Å². The molecule has 0 rings (SSSR count). The molecule has 0 saturated heterocycles. The summed E-state index contributed by atoms with van der Waals surface area (Å²) in [4.78, 5) is 38.1. The lowest BCUT2D eigenvalue weighted by atomic mass is 10.1. The number of allylic oxidation sites excluding steroid dienone is 20. The van der Waals surface area contributed by atoms with Gasteiger partial charge < -0.3 is 14.2 Å². The molecule has 70 heavy (non-hydrogen) atoms. The fourth-order valence-electron chi connectivity index (χ4n) is 7.37. The van der Waals surface area contributed by atoms with Crippen LogP contribution in [-0.2, 0) is 28.6 Å². The molecule has 0 aromatic heterocycles. The van der Waals surface area contributed by atoms with E-state index in [9.17, 15) is 14.4 Å². The van der Waals surface area contributed by atoms with Gasteiger partial charge in [-0.2, -0.15) is 0 Å². The van der Waals surface area contributed by atoms with E-state index in [1.165, 1.54) is 57.8 Å². The van der Waals surface area contributed by atoms with Gasteiger partial charge in [-0.05, 0) is 128 Å². The standard InChI is InChI=1S/C64H104O6/c1-4-7-10-13-16-19-22-24-26-28-29-30-31-32-33-34-35-36-38-39-42-45-48-51-54-57-63(66)69-60-61(59-68-62(65)56-53-50-47-44-41-21-18-15-12-9-6-3)70-64(67)58-55-52-49-46-43-40-37-27-25-23-20-17-14-11-8-5-2/h7,10,15-16,18-20,23-24,26-27,29-30,32-33,35-37,39,42,61H,4-6,8-9,11-14,17,21-22,25,28,31,34,38,40-41,43-60H2,1-3H3/b10-7-,18-15-,19-16-,23-20-,26-24-,30-29-,33-32-,36-35-,37-27-,42-39-. The third-order valence-electron chi connectivity index (χ3n) is 11.7. The predicted octanol–water partition coefficient (Wildman–Crippen LogP) is 19.3. The first-order valence-electron chi connectivity index (χ1n) is 28.5. The summed E-state index contributed by atoms with van der Waals surface area (Å²) in [5, 5.41) is 0. The summed E-state index contributed by atoms with van der Waals surface area (Å²) in [5.41, 5.74) is 0. The van der Waals surface area contributed by atoms with Gasteiger partial charge >= 0.3 is 17.9 Å². The molecule has 0 bridgehead atoms. The lowest BCUT2D eigenvalue weighted by molar-refractivity contribution is -0.167. The highest BCUT2D eigenvalue weighted by Crippen LogP contribution is 2.13. The van der Waals surface area contributed by atoms with E-state index in [4.69, 9.17) is 14.2 Å². The Bertz CT molecular complexity index is 1490. The van der Waals surface area contributed by atoms with Gasteiger partial charge in [0.15, 0.2) is 6.10 Å². The normalized spacial score (nSPS) is 13.0. The molecule has 0 heterocycles. The van der Waals surface area contributed by atoms with Crippen molar-refractivity contribution < 1.29 is 28.6 Å². The zero-order valence-corrected chi connectivity index (χ0v) is 45.2. The number of rotatable bonds is 50. The molecule has 0 N–H and O–H groups in total. The van der Waals surface area contributed by atoms with Crippen LogP contribution >= 0.6 is 0 Å². The Kier molecular flexibility index (Phi) is 54.0. The summed E-state index contributed by atoms with van der Waals surface area (Å²) in [6, 6.07) is 0. The number of ether oxygens (including phenoxy) is 3. The Balaban J connectivity index is 4.43. The van der Waals surface area contributed by atoms with E-state index in [1.54, 1.807) is 0 Å². The van der Waals surface area contributed by atoms with Crippen LogP contribution in [0.5, 0.6) is 0 Å². The van der Waals surface area contributed by atoms with Crippen molar-refractivity contribution >= 4 is 17.9 Å². The van der Waals surface area contributed by atoms with E-state index < -0.39 is 6.10 Å². The summed E-state index contributed by atoms with van der Waals surface area (Å²) in [5.74, 6) is -0.963. The zero-order valence-electron chi connectivity index (χ0n) is 45.2. The van der Waals surface area contributed by atoms with Crippen LogP contribution < -0.4 is 0 Å². The largest absolute Gasteiger partial charge is 0.462 e. The van der Waals surface area contributed by atoms with Gasteiger partial charge in [0.2, 0.25) is 0 Å². The fraction of sp³-hybridized carbons (Fsp3) is 0.641. The molecule has 6 nitrogen and oxygen atoms in total. The first-order valence-corrected chi connectivity index (χ1v) is 28.5. The SMILES string of the molecule is CC/C=C\C/C=C\C/C=C\C/C=C\C/C=C\C/C=C\C/C=C\CCCCCC(=O)OCC(COC(=O)CCCCCCC/C=C\CCCC)OC(=O)CCCCCCC/C=C\C/C=C\CCCCCC. The van der Waals surface area contributed by atoms with E-state index in [2.05, 4.69) is 142 Å². The minimum Gasteiger partial charge on any atom is -0.462 e. The average molecular weight is 970 g/mol. The maximum Gasteiger partial charge on any atom is 0.306 e. The van der Waals surface area contributed by atoms with Crippen molar-refractivity contribution in [3.8, 4) is 0 Å². The van der Waals surface area contributed by atoms with Crippen LogP contribution in [0.2, 0.25) is 0 Å². The molecule has 1 unspecified atom stereocenters. The zero-order chi connectivity index (χ0) is 50.7. The highest BCUT2D eigenvalue weighted by molar-refractivity contribution is 5.71. The minimum atomic E-state index is -0.806. The third-order valence-corrected chi connectivity index (χ3v) is 11.7. The highest BCUT2D eigenvalue weighted by atomic mass is 16.6. The molecule has 396 valence electrons. The molecule has 0 amide bonds. The number of carbonyl (C=O) groups excluding carboxylic acids is 3. The monoisotopic (exact) mass is 969 g/mol. The van der Waals surface area contributed by atoms with Crippen LogP contribution in [-0.4, -0.2) is 37.2 Å². The van der Waals surface area contributed by atoms with Crippen LogP contribution in [0.25, 0.3) is 0 Å². The summed E-state index contributed by atoms with van der Waals surface area (Å²) >= 11 is 0. The van der Waals surface area contributed by atoms with Crippen LogP contribution in [0.3, 0.4) is 0 Å². The van der Waals surface area contributed by atoms with Gasteiger partial charge in [0, 0.05) is 19.3 Å². The van der Waals surface area contributed by atoms with Crippen molar-refractivity contribution in [2.24, 2.45) is 0 Å². The van der Waals surface area contributed by atoms with Crippen molar-refractivity contribution in [2.45, 2.75) is 252 Å². The van der Waals surface area contributed by atoms with Crippen molar-refractivity contribution in [1.29, 1.82) is 0 Å². The average Bonchev–Trinajstić information content (AvgIpc) is 3.36. The molecule has 0 radical (unpaired) electrons. The molecule has 0 aromatic rings. The molecule has 0 aliphatic heterocycles. The molecule has 1 atom stereocenters. The Hall–Kier alpha value is -4.19. The van der Waals surface area contributed by atoms with E-state index in [-0.39, 0.29) is 31.1 Å². The van der Waals surface area contributed by atoms with E-state index in [0.717, 1.165) is 148 Å². The van der Waals surface area contributed by atoms with Gasteiger partial charge in [0.05, 0.1) is 0 Å². The molecule has 0 fully saturated rings. The Labute approximate surface area is 431 Å². The lowest BCUT2D eigenvalue weighted by Crippen LogP contribution is -2.30. The second-order valence-electron chi connectivity index (χ2n) is 18.5. The Morgan fingerprint density at radius 2 is 0.571 bits per heavy atom. The van der Waals surface area contributed by atoms with Crippen LogP contribution in [0.4, 0.5) is 0 Å².